The summed E-state index contributed by atoms with van der Waals surface area (Å²) in [6.45, 7) is 0. The second kappa shape index (κ2) is 3.88. The van der Waals surface area contributed by atoms with Crippen LogP contribution >= 0.6 is 11.6 Å². The lowest BCUT2D eigenvalue weighted by Gasteiger charge is -2.25. The van der Waals surface area contributed by atoms with E-state index in [4.69, 9.17) is 16.3 Å². The van der Waals surface area contributed by atoms with Gasteiger partial charge in [0.25, 0.3) is 5.91 Å². The number of halogens is 1. The normalized spacial score (nSPS) is 19.5. The Balaban J connectivity index is 2.24. The third-order valence-corrected chi connectivity index (χ3v) is 2.28. The third-order valence-electron chi connectivity index (χ3n) is 2.06. The fourth-order valence-corrected chi connectivity index (χ4v) is 1.59. The minimum absolute atomic E-state index is 0.0954. The van der Waals surface area contributed by atoms with Gasteiger partial charge in [0.15, 0.2) is 6.23 Å². The molecule has 4 heteroatoms. The zero-order valence-electron chi connectivity index (χ0n) is 7.50. The molecule has 1 heterocycles. The Morgan fingerprint density at radius 1 is 1.43 bits per heavy atom. The molecule has 1 atom stereocenters. The maximum atomic E-state index is 11.5. The first-order valence-electron chi connectivity index (χ1n) is 4.44. The van der Waals surface area contributed by atoms with Gasteiger partial charge in [-0.2, -0.15) is 0 Å². The summed E-state index contributed by atoms with van der Waals surface area (Å²) in [6, 6.07) is 7.18. The number of alkyl halides is 1. The van der Waals surface area contributed by atoms with Gasteiger partial charge in [-0.1, -0.05) is 12.1 Å². The van der Waals surface area contributed by atoms with Crippen LogP contribution in [0.3, 0.4) is 0 Å². The van der Waals surface area contributed by atoms with Crippen LogP contribution in [0.5, 0.6) is 5.75 Å². The molecule has 0 bridgehead atoms. The van der Waals surface area contributed by atoms with E-state index in [1.807, 2.05) is 12.1 Å². The first kappa shape index (κ1) is 9.34. The molecule has 0 spiro atoms. The van der Waals surface area contributed by atoms with Crippen LogP contribution in [-0.4, -0.2) is 18.0 Å². The number of carbonyl (C=O) groups is 1. The molecule has 3 nitrogen and oxygen atoms in total. The molecule has 0 unspecified atom stereocenters. The molecule has 2 rings (SSSR count). The monoisotopic (exact) mass is 211 g/mol. The molecule has 0 aliphatic carbocycles. The zero-order valence-corrected chi connectivity index (χ0v) is 8.25. The van der Waals surface area contributed by atoms with Crippen molar-refractivity contribution in [3.05, 3.63) is 29.8 Å². The van der Waals surface area contributed by atoms with Crippen molar-refractivity contribution < 1.29 is 9.53 Å². The van der Waals surface area contributed by atoms with Crippen molar-refractivity contribution in [3.8, 4) is 5.75 Å². The zero-order chi connectivity index (χ0) is 9.97. The Morgan fingerprint density at radius 3 is 3.00 bits per heavy atom. The summed E-state index contributed by atoms with van der Waals surface area (Å²) in [4.78, 5) is 11.5. The van der Waals surface area contributed by atoms with Crippen LogP contribution in [0.2, 0.25) is 0 Å². The van der Waals surface area contributed by atoms with E-state index in [0.29, 0.717) is 23.6 Å². The molecule has 1 N–H and O–H groups in total. The average molecular weight is 212 g/mol. The number of hydrogen-bond donors (Lipinski definition) is 1. The highest BCUT2D eigenvalue weighted by Crippen LogP contribution is 2.23. The molecule has 14 heavy (non-hydrogen) atoms. The molecule has 0 fully saturated rings. The number of hydrogen-bond acceptors (Lipinski definition) is 2. The van der Waals surface area contributed by atoms with Crippen LogP contribution in [0.1, 0.15) is 16.8 Å². The Morgan fingerprint density at radius 2 is 2.21 bits per heavy atom. The summed E-state index contributed by atoms with van der Waals surface area (Å²) in [5.41, 5.74) is 0.582. The largest absolute Gasteiger partial charge is 0.470 e. The van der Waals surface area contributed by atoms with Gasteiger partial charge in [-0.25, -0.2) is 0 Å². The van der Waals surface area contributed by atoms with Gasteiger partial charge in [-0.05, 0) is 12.1 Å². The fraction of sp³-hybridized carbons (Fsp3) is 0.300. The molecular weight excluding hydrogens is 202 g/mol. The van der Waals surface area contributed by atoms with E-state index < -0.39 is 0 Å². The van der Waals surface area contributed by atoms with E-state index in [2.05, 4.69) is 5.32 Å². The van der Waals surface area contributed by atoms with Crippen molar-refractivity contribution in [1.29, 1.82) is 0 Å². The number of rotatable bonds is 2. The smallest absolute Gasteiger partial charge is 0.257 e. The molecule has 1 aliphatic rings. The molecule has 1 aromatic carbocycles. The quantitative estimate of drug-likeness (QED) is 0.758. The first-order chi connectivity index (χ1) is 6.81. The van der Waals surface area contributed by atoms with Crippen molar-refractivity contribution in [2.24, 2.45) is 0 Å². The fourth-order valence-electron chi connectivity index (χ4n) is 1.39. The van der Waals surface area contributed by atoms with Crippen molar-refractivity contribution in [1.82, 2.24) is 5.32 Å². The molecule has 1 amide bonds. The van der Waals surface area contributed by atoms with Crippen LogP contribution < -0.4 is 10.1 Å². The van der Waals surface area contributed by atoms with E-state index in [-0.39, 0.29) is 12.1 Å². The van der Waals surface area contributed by atoms with Gasteiger partial charge >= 0.3 is 0 Å². The Kier molecular flexibility index (Phi) is 2.59. The maximum absolute atomic E-state index is 11.5. The lowest BCUT2D eigenvalue weighted by atomic mass is 10.1. The number of carbonyl (C=O) groups excluding carboxylic acids is 1. The second-order valence-corrected chi connectivity index (χ2v) is 3.43. The molecule has 74 valence electrons. The summed E-state index contributed by atoms with van der Waals surface area (Å²) in [5.74, 6) is 1.00. The molecule has 0 radical (unpaired) electrons. The third kappa shape index (κ3) is 1.68. The van der Waals surface area contributed by atoms with Crippen LogP contribution in [0.15, 0.2) is 24.3 Å². The predicted octanol–water partition coefficient (Wildman–Crippen LogP) is 1.76. The molecular formula is C10H10ClNO2. The SMILES string of the molecule is O=C1N[C@@H](CCCl)Oc2ccccc21. The molecule has 1 aromatic rings. The molecule has 0 aromatic heterocycles. The van der Waals surface area contributed by atoms with Gasteiger partial charge in [0.1, 0.15) is 5.75 Å². The number of ether oxygens (including phenoxy) is 1. The van der Waals surface area contributed by atoms with Crippen molar-refractivity contribution in [3.63, 3.8) is 0 Å². The number of fused-ring (bicyclic) bond motifs is 1. The highest BCUT2D eigenvalue weighted by Gasteiger charge is 2.23. The van der Waals surface area contributed by atoms with Crippen molar-refractivity contribution in [2.75, 3.05) is 5.88 Å². The summed E-state index contributed by atoms with van der Waals surface area (Å²) in [6.07, 6.45) is 0.316. The maximum Gasteiger partial charge on any atom is 0.257 e. The lowest BCUT2D eigenvalue weighted by Crippen LogP contribution is -2.43. The Labute approximate surface area is 87.0 Å². The minimum atomic E-state index is -0.296. The van der Waals surface area contributed by atoms with Crippen molar-refractivity contribution >= 4 is 17.5 Å². The first-order valence-corrected chi connectivity index (χ1v) is 4.97. The van der Waals surface area contributed by atoms with Crippen LogP contribution in [-0.2, 0) is 0 Å². The van der Waals surface area contributed by atoms with Gasteiger partial charge in [-0.3, -0.25) is 4.79 Å². The number of benzene rings is 1. The number of nitrogens with one attached hydrogen (secondary N) is 1. The van der Waals surface area contributed by atoms with E-state index >= 15 is 0 Å². The van der Waals surface area contributed by atoms with Crippen LogP contribution in [0.25, 0.3) is 0 Å². The van der Waals surface area contributed by atoms with E-state index in [1.54, 1.807) is 12.1 Å². The second-order valence-electron chi connectivity index (χ2n) is 3.05. The minimum Gasteiger partial charge on any atom is -0.470 e. The van der Waals surface area contributed by atoms with E-state index in [1.165, 1.54) is 0 Å². The number of para-hydroxylation sites is 1. The van der Waals surface area contributed by atoms with Gasteiger partial charge in [-0.15, -0.1) is 11.6 Å². The summed E-state index contributed by atoms with van der Waals surface area (Å²) in [7, 11) is 0. The Bertz CT molecular complexity index is 354. The van der Waals surface area contributed by atoms with Crippen LogP contribution in [0.4, 0.5) is 0 Å². The average Bonchev–Trinajstić information content (AvgIpc) is 2.18. The van der Waals surface area contributed by atoms with Gasteiger partial charge in [0.05, 0.1) is 5.56 Å². The predicted molar refractivity (Wildman–Crippen MR) is 53.7 cm³/mol. The highest BCUT2D eigenvalue weighted by molar-refractivity contribution is 6.17. The lowest BCUT2D eigenvalue weighted by molar-refractivity contribution is 0.0752. The molecule has 1 aliphatic heterocycles. The van der Waals surface area contributed by atoms with Crippen LogP contribution in [0, 0.1) is 0 Å². The summed E-state index contributed by atoms with van der Waals surface area (Å²) >= 11 is 5.58. The van der Waals surface area contributed by atoms with E-state index in [0.717, 1.165) is 0 Å². The Hall–Kier alpha value is -1.22. The number of amides is 1. The standard InChI is InChI=1S/C10H10ClNO2/c11-6-5-9-12-10(13)7-3-1-2-4-8(7)14-9/h1-4,9H,5-6H2,(H,12,13)/t9-/m1/s1. The van der Waals surface area contributed by atoms with Gasteiger partial charge < -0.3 is 10.1 Å². The van der Waals surface area contributed by atoms with Crippen molar-refractivity contribution in [2.45, 2.75) is 12.6 Å². The van der Waals surface area contributed by atoms with Gasteiger partial charge in [0, 0.05) is 12.3 Å². The van der Waals surface area contributed by atoms with Gasteiger partial charge in [0.2, 0.25) is 0 Å². The highest BCUT2D eigenvalue weighted by atomic mass is 35.5. The molecule has 0 saturated heterocycles. The van der Waals surface area contributed by atoms with E-state index in [9.17, 15) is 4.79 Å². The summed E-state index contributed by atoms with van der Waals surface area (Å²) < 4.78 is 5.53. The summed E-state index contributed by atoms with van der Waals surface area (Å²) in [5, 5.41) is 2.73. The topological polar surface area (TPSA) is 38.3 Å². The molecule has 0 saturated carbocycles.